The minimum atomic E-state index is -0.328. The van der Waals surface area contributed by atoms with Crippen LogP contribution in [0.2, 0.25) is 0 Å². The summed E-state index contributed by atoms with van der Waals surface area (Å²) in [5.41, 5.74) is 0. The first kappa shape index (κ1) is 11.0. The number of hydrogen-bond acceptors (Lipinski definition) is 4. The van der Waals surface area contributed by atoms with Gasteiger partial charge >= 0.3 is 11.9 Å². The van der Waals surface area contributed by atoms with Crippen LogP contribution < -0.4 is 0 Å². The molecule has 1 rings (SSSR count). The summed E-state index contributed by atoms with van der Waals surface area (Å²) in [5, 5.41) is 0. The molecule has 0 saturated heterocycles. The van der Waals surface area contributed by atoms with Crippen molar-refractivity contribution < 1.29 is 19.1 Å². The molecule has 2 atom stereocenters. The van der Waals surface area contributed by atoms with Crippen LogP contribution in [0.4, 0.5) is 0 Å². The summed E-state index contributed by atoms with van der Waals surface area (Å²) >= 11 is 0. The molecule has 14 heavy (non-hydrogen) atoms. The van der Waals surface area contributed by atoms with Crippen LogP contribution in [0.25, 0.3) is 0 Å². The first-order valence-electron chi connectivity index (χ1n) is 4.99. The monoisotopic (exact) mass is 200 g/mol. The molecule has 0 amide bonds. The fourth-order valence-corrected chi connectivity index (χ4v) is 1.80. The maximum absolute atomic E-state index is 11.4. The van der Waals surface area contributed by atoms with E-state index < -0.39 is 0 Å². The van der Waals surface area contributed by atoms with Gasteiger partial charge in [-0.15, -0.1) is 0 Å². The second-order valence-corrected chi connectivity index (χ2v) is 3.44. The molecule has 0 aromatic rings. The third kappa shape index (κ3) is 2.72. The number of carbonyl (C=O) groups is 2. The first-order valence-corrected chi connectivity index (χ1v) is 4.99. The minimum absolute atomic E-state index is 0.240. The highest BCUT2D eigenvalue weighted by Gasteiger charge is 2.36. The van der Waals surface area contributed by atoms with E-state index in [9.17, 15) is 9.59 Å². The van der Waals surface area contributed by atoms with Crippen LogP contribution in [0, 0.1) is 5.92 Å². The maximum Gasteiger partial charge on any atom is 0.312 e. The highest BCUT2D eigenvalue weighted by atomic mass is 16.6. The molecule has 0 bridgehead atoms. The Morgan fingerprint density at radius 3 is 2.64 bits per heavy atom. The van der Waals surface area contributed by atoms with E-state index in [4.69, 9.17) is 9.47 Å². The molecule has 0 aromatic carbocycles. The van der Waals surface area contributed by atoms with Crippen LogP contribution >= 0.6 is 0 Å². The van der Waals surface area contributed by atoms with Gasteiger partial charge in [0.2, 0.25) is 0 Å². The number of rotatable bonds is 3. The van der Waals surface area contributed by atoms with Crippen LogP contribution in [0.1, 0.15) is 33.1 Å². The lowest BCUT2D eigenvalue weighted by molar-refractivity contribution is -0.158. The van der Waals surface area contributed by atoms with Gasteiger partial charge in [0.05, 0.1) is 12.5 Å². The molecule has 4 heteroatoms. The third-order valence-electron chi connectivity index (χ3n) is 2.36. The van der Waals surface area contributed by atoms with Crippen molar-refractivity contribution in [1.29, 1.82) is 0 Å². The second kappa shape index (κ2) is 4.98. The van der Waals surface area contributed by atoms with Crippen molar-refractivity contribution in [2.24, 2.45) is 5.92 Å². The Hall–Kier alpha value is -1.06. The van der Waals surface area contributed by atoms with Crippen LogP contribution in [0.3, 0.4) is 0 Å². The molecule has 0 radical (unpaired) electrons. The fraction of sp³-hybridized carbons (Fsp3) is 0.800. The highest BCUT2D eigenvalue weighted by molar-refractivity contribution is 5.74. The molecule has 1 fully saturated rings. The Balaban J connectivity index is 2.50. The summed E-state index contributed by atoms with van der Waals surface area (Å²) < 4.78 is 9.96. The van der Waals surface area contributed by atoms with E-state index in [0.717, 1.165) is 19.3 Å². The van der Waals surface area contributed by atoms with Gasteiger partial charge in [-0.05, 0) is 26.2 Å². The molecule has 0 heterocycles. The van der Waals surface area contributed by atoms with E-state index in [1.54, 1.807) is 6.92 Å². The molecular formula is C10H16O4. The topological polar surface area (TPSA) is 52.6 Å². The second-order valence-electron chi connectivity index (χ2n) is 3.44. The Kier molecular flexibility index (Phi) is 3.92. The van der Waals surface area contributed by atoms with E-state index in [1.165, 1.54) is 6.92 Å². The van der Waals surface area contributed by atoms with Gasteiger partial charge in [-0.2, -0.15) is 0 Å². The van der Waals surface area contributed by atoms with E-state index >= 15 is 0 Å². The van der Waals surface area contributed by atoms with Crippen molar-refractivity contribution in [1.82, 2.24) is 0 Å². The average molecular weight is 200 g/mol. The van der Waals surface area contributed by atoms with Crippen LogP contribution in [-0.4, -0.2) is 24.6 Å². The van der Waals surface area contributed by atoms with Gasteiger partial charge in [-0.1, -0.05) is 0 Å². The van der Waals surface area contributed by atoms with Crippen molar-refractivity contribution in [3.63, 3.8) is 0 Å². The first-order chi connectivity index (χ1) is 6.65. The Bertz CT molecular complexity index is 224. The molecule has 80 valence electrons. The minimum Gasteiger partial charge on any atom is -0.466 e. The Morgan fingerprint density at radius 2 is 2.07 bits per heavy atom. The predicted molar refractivity (Wildman–Crippen MR) is 49.5 cm³/mol. The number of ether oxygens (including phenoxy) is 2. The highest BCUT2D eigenvalue weighted by Crippen LogP contribution is 2.29. The summed E-state index contributed by atoms with van der Waals surface area (Å²) in [7, 11) is 0. The number of hydrogen-bond donors (Lipinski definition) is 0. The molecule has 1 aliphatic rings. The van der Waals surface area contributed by atoms with Gasteiger partial charge in [-0.25, -0.2) is 0 Å². The zero-order valence-corrected chi connectivity index (χ0v) is 8.62. The van der Waals surface area contributed by atoms with Gasteiger partial charge in [0.1, 0.15) is 6.10 Å². The Labute approximate surface area is 83.6 Å². The van der Waals surface area contributed by atoms with Gasteiger partial charge in [0.25, 0.3) is 0 Å². The van der Waals surface area contributed by atoms with E-state index in [0.29, 0.717) is 6.61 Å². The fourth-order valence-electron chi connectivity index (χ4n) is 1.80. The molecule has 0 N–H and O–H groups in total. The molecular weight excluding hydrogens is 184 g/mol. The van der Waals surface area contributed by atoms with Gasteiger partial charge in [-0.3, -0.25) is 9.59 Å². The van der Waals surface area contributed by atoms with Crippen LogP contribution in [0.5, 0.6) is 0 Å². The summed E-state index contributed by atoms with van der Waals surface area (Å²) in [6.07, 6.45) is 2.17. The average Bonchev–Trinajstić information content (AvgIpc) is 2.51. The largest absolute Gasteiger partial charge is 0.466 e. The normalized spacial score (nSPS) is 25.9. The van der Waals surface area contributed by atoms with Crippen LogP contribution in [0.15, 0.2) is 0 Å². The van der Waals surface area contributed by atoms with Crippen molar-refractivity contribution in [3.8, 4) is 0 Å². The SMILES string of the molecule is CCOC(=O)[C@H]1CCC[C@@H]1OC(C)=O. The van der Waals surface area contributed by atoms with Gasteiger partial charge < -0.3 is 9.47 Å². The lowest BCUT2D eigenvalue weighted by atomic mass is 10.1. The zero-order valence-electron chi connectivity index (χ0n) is 8.62. The third-order valence-corrected chi connectivity index (χ3v) is 2.36. The summed E-state index contributed by atoms with van der Waals surface area (Å²) in [6.45, 7) is 3.51. The molecule has 1 aliphatic carbocycles. The Morgan fingerprint density at radius 1 is 1.36 bits per heavy atom. The molecule has 0 aliphatic heterocycles. The van der Waals surface area contributed by atoms with E-state index in [2.05, 4.69) is 0 Å². The molecule has 1 saturated carbocycles. The maximum atomic E-state index is 11.4. The summed E-state index contributed by atoms with van der Waals surface area (Å²) in [4.78, 5) is 22.2. The number of esters is 2. The molecule has 0 aromatic heterocycles. The standard InChI is InChI=1S/C10H16O4/c1-3-13-10(12)8-5-4-6-9(8)14-7(2)11/h8-9H,3-6H2,1-2H3/t8-,9-/m0/s1. The number of carbonyl (C=O) groups excluding carboxylic acids is 2. The van der Waals surface area contributed by atoms with Crippen molar-refractivity contribution in [2.45, 2.75) is 39.2 Å². The van der Waals surface area contributed by atoms with Crippen molar-refractivity contribution in [2.75, 3.05) is 6.61 Å². The molecule has 4 nitrogen and oxygen atoms in total. The molecule has 0 unspecified atom stereocenters. The van der Waals surface area contributed by atoms with E-state index in [1.807, 2.05) is 0 Å². The lowest BCUT2D eigenvalue weighted by Crippen LogP contribution is -2.28. The van der Waals surface area contributed by atoms with Gasteiger partial charge in [0, 0.05) is 6.92 Å². The molecule has 0 spiro atoms. The van der Waals surface area contributed by atoms with E-state index in [-0.39, 0.29) is 24.0 Å². The quantitative estimate of drug-likeness (QED) is 0.644. The van der Waals surface area contributed by atoms with Crippen LogP contribution in [-0.2, 0) is 19.1 Å². The van der Waals surface area contributed by atoms with Crippen molar-refractivity contribution in [3.05, 3.63) is 0 Å². The summed E-state index contributed by atoms with van der Waals surface area (Å²) in [5.74, 6) is -0.818. The lowest BCUT2D eigenvalue weighted by Gasteiger charge is -2.17. The smallest absolute Gasteiger partial charge is 0.312 e. The summed E-state index contributed by atoms with van der Waals surface area (Å²) in [6, 6.07) is 0. The predicted octanol–water partition coefficient (Wildman–Crippen LogP) is 1.28. The van der Waals surface area contributed by atoms with Crippen molar-refractivity contribution >= 4 is 11.9 Å². The zero-order chi connectivity index (χ0) is 10.6. The van der Waals surface area contributed by atoms with Gasteiger partial charge in [0.15, 0.2) is 0 Å².